The van der Waals surface area contributed by atoms with Gasteiger partial charge in [0.1, 0.15) is 5.41 Å². The number of carboxylic acids is 1. The second-order valence-electron chi connectivity index (χ2n) is 6.72. The molecular formula is C18H23NO4. The van der Waals surface area contributed by atoms with E-state index in [2.05, 4.69) is 12.1 Å². The molecule has 124 valence electrons. The Balaban J connectivity index is 1.66. The summed E-state index contributed by atoms with van der Waals surface area (Å²) in [4.78, 5) is 25.7. The van der Waals surface area contributed by atoms with E-state index in [4.69, 9.17) is 4.74 Å². The van der Waals surface area contributed by atoms with Gasteiger partial charge in [-0.25, -0.2) is 0 Å². The molecular weight excluding hydrogens is 294 g/mol. The zero-order valence-corrected chi connectivity index (χ0v) is 13.5. The molecule has 1 aliphatic heterocycles. The summed E-state index contributed by atoms with van der Waals surface area (Å²) in [5, 5.41) is 9.47. The number of carbonyl (C=O) groups is 2. The van der Waals surface area contributed by atoms with Gasteiger partial charge in [0, 0.05) is 20.2 Å². The van der Waals surface area contributed by atoms with Crippen molar-refractivity contribution in [3.8, 4) is 0 Å². The monoisotopic (exact) mass is 317 g/mol. The fourth-order valence-corrected chi connectivity index (χ4v) is 3.74. The minimum Gasteiger partial charge on any atom is -0.481 e. The molecule has 1 amide bonds. The number of benzene rings is 1. The largest absolute Gasteiger partial charge is 0.481 e. The van der Waals surface area contributed by atoms with Gasteiger partial charge in [-0.15, -0.1) is 0 Å². The van der Waals surface area contributed by atoms with E-state index >= 15 is 0 Å². The van der Waals surface area contributed by atoms with E-state index < -0.39 is 11.4 Å². The highest BCUT2D eigenvalue weighted by atomic mass is 16.5. The highest BCUT2D eigenvalue weighted by molar-refractivity contribution is 5.82. The molecule has 1 unspecified atom stereocenters. The maximum absolute atomic E-state index is 12.5. The van der Waals surface area contributed by atoms with Crippen LogP contribution in [0, 0.1) is 5.41 Å². The molecule has 1 atom stereocenters. The summed E-state index contributed by atoms with van der Waals surface area (Å²) in [7, 11) is 1.50. The van der Waals surface area contributed by atoms with Crippen LogP contribution in [0.4, 0.5) is 0 Å². The van der Waals surface area contributed by atoms with Crippen LogP contribution in [0.25, 0.3) is 0 Å². The van der Waals surface area contributed by atoms with Gasteiger partial charge >= 0.3 is 5.97 Å². The Morgan fingerprint density at radius 2 is 2.09 bits per heavy atom. The number of carboxylic acid groups (broad SMARTS) is 1. The number of amides is 1. The van der Waals surface area contributed by atoms with Crippen LogP contribution in [0.3, 0.4) is 0 Å². The van der Waals surface area contributed by atoms with Crippen LogP contribution in [-0.2, 0) is 33.6 Å². The van der Waals surface area contributed by atoms with Gasteiger partial charge in [-0.05, 0) is 42.4 Å². The Kier molecular flexibility index (Phi) is 4.39. The van der Waals surface area contributed by atoms with Crippen LogP contribution < -0.4 is 0 Å². The van der Waals surface area contributed by atoms with E-state index in [1.54, 1.807) is 4.90 Å². The molecule has 1 aromatic carbocycles. The van der Waals surface area contributed by atoms with Crippen LogP contribution >= 0.6 is 0 Å². The third kappa shape index (κ3) is 3.11. The lowest BCUT2D eigenvalue weighted by Crippen LogP contribution is -2.40. The van der Waals surface area contributed by atoms with Gasteiger partial charge in [-0.3, -0.25) is 9.59 Å². The van der Waals surface area contributed by atoms with Gasteiger partial charge in [0.2, 0.25) is 5.91 Å². The zero-order valence-electron chi connectivity index (χ0n) is 13.5. The molecule has 2 aliphatic rings. The quantitative estimate of drug-likeness (QED) is 0.897. The highest BCUT2D eigenvalue weighted by Crippen LogP contribution is 2.32. The van der Waals surface area contributed by atoms with Gasteiger partial charge in [-0.1, -0.05) is 18.2 Å². The molecule has 3 rings (SSSR count). The summed E-state index contributed by atoms with van der Waals surface area (Å²) in [5.41, 5.74) is 2.82. The maximum atomic E-state index is 12.5. The molecule has 5 heteroatoms. The Labute approximate surface area is 136 Å². The smallest absolute Gasteiger partial charge is 0.313 e. The molecule has 1 aromatic rings. The Hall–Kier alpha value is -1.88. The van der Waals surface area contributed by atoms with Gasteiger partial charge in [0.05, 0.1) is 13.0 Å². The molecule has 0 saturated carbocycles. The third-order valence-electron chi connectivity index (χ3n) is 5.10. The first-order chi connectivity index (χ1) is 11.0. The number of likely N-dealkylation sites (tertiary alicyclic amines) is 1. The maximum Gasteiger partial charge on any atom is 0.313 e. The predicted molar refractivity (Wildman–Crippen MR) is 85.3 cm³/mol. The molecule has 1 aliphatic carbocycles. The van der Waals surface area contributed by atoms with E-state index in [9.17, 15) is 14.7 Å². The van der Waals surface area contributed by atoms with Gasteiger partial charge in [-0.2, -0.15) is 0 Å². The SMILES string of the molecule is COCC1(C(=O)O)CCN(C(=O)Cc2ccc3c(c2)CCC3)C1. The molecule has 0 radical (unpaired) electrons. The van der Waals surface area contributed by atoms with E-state index in [1.165, 1.54) is 24.7 Å². The minimum absolute atomic E-state index is 0.00201. The Morgan fingerprint density at radius 1 is 1.30 bits per heavy atom. The van der Waals surface area contributed by atoms with Crippen molar-refractivity contribution >= 4 is 11.9 Å². The van der Waals surface area contributed by atoms with Crippen LogP contribution in [0.2, 0.25) is 0 Å². The minimum atomic E-state index is -0.956. The normalized spacial score (nSPS) is 23.1. The molecule has 0 bridgehead atoms. The van der Waals surface area contributed by atoms with E-state index in [0.717, 1.165) is 18.4 Å². The highest BCUT2D eigenvalue weighted by Gasteiger charge is 2.46. The molecule has 1 heterocycles. The molecule has 1 saturated heterocycles. The summed E-state index contributed by atoms with van der Waals surface area (Å²) in [6.45, 7) is 0.865. The second-order valence-corrected chi connectivity index (χ2v) is 6.72. The van der Waals surface area contributed by atoms with Crippen molar-refractivity contribution in [2.45, 2.75) is 32.1 Å². The van der Waals surface area contributed by atoms with Crippen LogP contribution in [0.15, 0.2) is 18.2 Å². The standard InChI is InChI=1S/C18H23NO4/c1-23-12-18(17(21)22)7-8-19(11-18)16(20)10-13-5-6-14-3-2-4-15(14)9-13/h5-6,9H,2-4,7-8,10-12H2,1H3,(H,21,22). The zero-order chi connectivity index (χ0) is 16.4. The summed E-state index contributed by atoms with van der Waals surface area (Å²) in [6, 6.07) is 6.29. The number of hydrogen-bond acceptors (Lipinski definition) is 3. The molecule has 23 heavy (non-hydrogen) atoms. The number of ether oxygens (including phenoxy) is 1. The van der Waals surface area contributed by atoms with Crippen molar-refractivity contribution in [3.63, 3.8) is 0 Å². The molecule has 0 spiro atoms. The molecule has 0 aromatic heterocycles. The summed E-state index contributed by atoms with van der Waals surface area (Å²) < 4.78 is 5.07. The number of carbonyl (C=O) groups excluding carboxylic acids is 1. The lowest BCUT2D eigenvalue weighted by molar-refractivity contribution is -0.151. The fraction of sp³-hybridized carbons (Fsp3) is 0.556. The van der Waals surface area contributed by atoms with Crippen molar-refractivity contribution in [2.75, 3.05) is 26.8 Å². The number of rotatable bonds is 5. The number of aliphatic carboxylic acids is 1. The van der Waals surface area contributed by atoms with Crippen LogP contribution in [0.5, 0.6) is 0 Å². The Bertz CT molecular complexity index is 627. The van der Waals surface area contributed by atoms with E-state index in [0.29, 0.717) is 19.4 Å². The summed E-state index contributed by atoms with van der Waals surface area (Å²) in [6.07, 6.45) is 4.21. The third-order valence-corrected chi connectivity index (χ3v) is 5.10. The topological polar surface area (TPSA) is 66.8 Å². The first-order valence-corrected chi connectivity index (χ1v) is 8.15. The average Bonchev–Trinajstić information content (AvgIpc) is 3.14. The van der Waals surface area contributed by atoms with Gasteiger partial charge in [0.15, 0.2) is 0 Å². The van der Waals surface area contributed by atoms with Crippen molar-refractivity contribution in [1.29, 1.82) is 0 Å². The lowest BCUT2D eigenvalue weighted by atomic mass is 9.88. The first kappa shape index (κ1) is 16.0. The van der Waals surface area contributed by atoms with Crippen molar-refractivity contribution in [3.05, 3.63) is 34.9 Å². The fourth-order valence-electron chi connectivity index (χ4n) is 3.74. The first-order valence-electron chi connectivity index (χ1n) is 8.15. The second kappa shape index (κ2) is 6.32. The molecule has 1 N–H and O–H groups in total. The number of aryl methyl sites for hydroxylation is 2. The number of fused-ring (bicyclic) bond motifs is 1. The van der Waals surface area contributed by atoms with E-state index in [-0.39, 0.29) is 19.1 Å². The predicted octanol–water partition coefficient (Wildman–Crippen LogP) is 1.67. The lowest BCUT2D eigenvalue weighted by Gasteiger charge is -2.23. The van der Waals surface area contributed by atoms with Crippen LogP contribution in [0.1, 0.15) is 29.5 Å². The Morgan fingerprint density at radius 3 is 2.83 bits per heavy atom. The van der Waals surface area contributed by atoms with Crippen molar-refractivity contribution in [2.24, 2.45) is 5.41 Å². The average molecular weight is 317 g/mol. The van der Waals surface area contributed by atoms with Crippen LogP contribution in [-0.4, -0.2) is 48.7 Å². The van der Waals surface area contributed by atoms with Gasteiger partial charge in [0.25, 0.3) is 0 Å². The summed E-state index contributed by atoms with van der Waals surface area (Å²) in [5.74, 6) is -0.880. The van der Waals surface area contributed by atoms with Crippen molar-refractivity contribution < 1.29 is 19.4 Å². The number of nitrogens with zero attached hydrogens (tertiary/aromatic N) is 1. The molecule has 1 fully saturated rings. The number of hydrogen-bond donors (Lipinski definition) is 1. The number of methoxy groups -OCH3 is 1. The van der Waals surface area contributed by atoms with Crippen molar-refractivity contribution in [1.82, 2.24) is 4.90 Å². The summed E-state index contributed by atoms with van der Waals surface area (Å²) >= 11 is 0. The molecule has 5 nitrogen and oxygen atoms in total. The van der Waals surface area contributed by atoms with Gasteiger partial charge < -0.3 is 14.7 Å². The van der Waals surface area contributed by atoms with E-state index in [1.807, 2.05) is 6.07 Å².